The highest BCUT2D eigenvalue weighted by Crippen LogP contribution is 2.12. The molecule has 0 aliphatic heterocycles. The Morgan fingerprint density at radius 2 is 1.95 bits per heavy atom. The van der Waals surface area contributed by atoms with Crippen LogP contribution in [-0.2, 0) is 6.54 Å². The topological polar surface area (TPSA) is 36.9 Å². The highest BCUT2D eigenvalue weighted by Gasteiger charge is 2.05. The Labute approximate surface area is 139 Å². The summed E-state index contributed by atoms with van der Waals surface area (Å²) in [6.45, 7) is 3.98. The maximum absolute atomic E-state index is 5.16. The van der Waals surface area contributed by atoms with E-state index in [4.69, 9.17) is 4.74 Å². The molecule has 0 aliphatic rings. The van der Waals surface area contributed by atoms with Crippen LogP contribution >= 0.6 is 24.0 Å². The van der Waals surface area contributed by atoms with Crippen LogP contribution in [0, 0.1) is 0 Å². The number of benzene rings is 1. The van der Waals surface area contributed by atoms with Crippen LogP contribution in [0.1, 0.15) is 25.3 Å². The first-order valence-electron chi connectivity index (χ1n) is 6.76. The zero-order valence-electron chi connectivity index (χ0n) is 12.8. The second kappa shape index (κ2) is 10.8. The van der Waals surface area contributed by atoms with Crippen molar-refractivity contribution in [2.75, 3.05) is 27.7 Å². The molecule has 0 heterocycles. The fourth-order valence-electron chi connectivity index (χ4n) is 1.84. The lowest BCUT2D eigenvalue weighted by Gasteiger charge is -2.22. The van der Waals surface area contributed by atoms with Crippen molar-refractivity contribution in [1.29, 1.82) is 0 Å². The average Bonchev–Trinajstić information content (AvgIpc) is 2.44. The molecule has 0 aliphatic carbocycles. The molecule has 4 nitrogen and oxygen atoms in total. The van der Waals surface area contributed by atoms with Crippen molar-refractivity contribution in [2.24, 2.45) is 4.99 Å². The van der Waals surface area contributed by atoms with Crippen molar-refractivity contribution >= 4 is 29.9 Å². The van der Waals surface area contributed by atoms with Crippen molar-refractivity contribution < 1.29 is 4.74 Å². The van der Waals surface area contributed by atoms with E-state index in [9.17, 15) is 0 Å². The van der Waals surface area contributed by atoms with Gasteiger partial charge in [-0.25, -0.2) is 0 Å². The lowest BCUT2D eigenvalue weighted by Crippen LogP contribution is -2.38. The van der Waals surface area contributed by atoms with Crippen LogP contribution < -0.4 is 10.1 Å². The maximum atomic E-state index is 5.16. The van der Waals surface area contributed by atoms with Gasteiger partial charge in [-0.05, 0) is 24.1 Å². The van der Waals surface area contributed by atoms with Gasteiger partial charge in [0.2, 0.25) is 0 Å². The zero-order valence-corrected chi connectivity index (χ0v) is 15.2. The molecule has 5 heteroatoms. The molecule has 0 amide bonds. The third-order valence-electron chi connectivity index (χ3n) is 2.97. The van der Waals surface area contributed by atoms with Crippen molar-refractivity contribution in [3.63, 3.8) is 0 Å². The van der Waals surface area contributed by atoms with E-state index in [1.165, 1.54) is 12.0 Å². The predicted octanol–water partition coefficient (Wildman–Crippen LogP) is 3.12. The molecule has 0 saturated carbocycles. The maximum Gasteiger partial charge on any atom is 0.193 e. The summed E-state index contributed by atoms with van der Waals surface area (Å²) in [6.07, 6.45) is 2.35. The van der Waals surface area contributed by atoms with Gasteiger partial charge < -0.3 is 15.0 Å². The van der Waals surface area contributed by atoms with E-state index >= 15 is 0 Å². The monoisotopic (exact) mass is 391 g/mol. The van der Waals surface area contributed by atoms with Crippen LogP contribution in [0.5, 0.6) is 5.75 Å². The average molecular weight is 391 g/mol. The largest absolute Gasteiger partial charge is 0.497 e. The lowest BCUT2D eigenvalue weighted by molar-refractivity contribution is 0.414. The van der Waals surface area contributed by atoms with Gasteiger partial charge in [0, 0.05) is 27.2 Å². The molecule has 20 heavy (non-hydrogen) atoms. The van der Waals surface area contributed by atoms with E-state index in [-0.39, 0.29) is 24.0 Å². The first kappa shape index (κ1) is 19.0. The van der Waals surface area contributed by atoms with Crippen molar-refractivity contribution in [3.8, 4) is 5.75 Å². The van der Waals surface area contributed by atoms with E-state index in [0.29, 0.717) is 0 Å². The van der Waals surface area contributed by atoms with Gasteiger partial charge in [-0.1, -0.05) is 25.5 Å². The third-order valence-corrected chi connectivity index (χ3v) is 2.97. The quantitative estimate of drug-likeness (QED) is 0.351. The Balaban J connectivity index is 0.00000361. The molecule has 0 saturated heterocycles. The highest BCUT2D eigenvalue weighted by molar-refractivity contribution is 14.0. The molecule has 1 N–H and O–H groups in total. The van der Waals surface area contributed by atoms with Gasteiger partial charge in [0.1, 0.15) is 5.75 Å². The molecule has 0 fully saturated rings. The van der Waals surface area contributed by atoms with Crippen molar-refractivity contribution in [3.05, 3.63) is 29.8 Å². The smallest absolute Gasteiger partial charge is 0.193 e. The molecule has 0 spiro atoms. The minimum absolute atomic E-state index is 0. The van der Waals surface area contributed by atoms with Crippen LogP contribution in [0.25, 0.3) is 0 Å². The Morgan fingerprint density at radius 1 is 1.30 bits per heavy atom. The summed E-state index contributed by atoms with van der Waals surface area (Å²) < 4.78 is 5.16. The Hall–Kier alpha value is -0.980. The lowest BCUT2D eigenvalue weighted by atomic mass is 10.2. The summed E-state index contributed by atoms with van der Waals surface area (Å²) >= 11 is 0. The number of aliphatic imine (C=N–C) groups is 1. The molecular formula is C15H26IN3O. The van der Waals surface area contributed by atoms with Crippen molar-refractivity contribution in [1.82, 2.24) is 10.2 Å². The fourth-order valence-corrected chi connectivity index (χ4v) is 1.84. The number of rotatable bonds is 6. The van der Waals surface area contributed by atoms with Crippen LogP contribution in [0.2, 0.25) is 0 Å². The summed E-state index contributed by atoms with van der Waals surface area (Å²) in [7, 11) is 5.55. The molecule has 0 unspecified atom stereocenters. The van der Waals surface area contributed by atoms with E-state index in [0.717, 1.165) is 31.2 Å². The van der Waals surface area contributed by atoms with Gasteiger partial charge in [-0.2, -0.15) is 0 Å². The van der Waals surface area contributed by atoms with Gasteiger partial charge >= 0.3 is 0 Å². The zero-order chi connectivity index (χ0) is 14.1. The molecule has 1 aromatic rings. The molecule has 0 atom stereocenters. The number of hydrogen-bond acceptors (Lipinski definition) is 2. The first-order valence-corrected chi connectivity index (χ1v) is 6.76. The number of unbranched alkanes of at least 4 members (excludes halogenated alkanes) is 1. The van der Waals surface area contributed by atoms with E-state index in [2.05, 4.69) is 34.3 Å². The second-order valence-electron chi connectivity index (χ2n) is 4.53. The molecule has 1 aromatic carbocycles. The SMILES string of the molecule is CCCCNC(=NC)N(C)Cc1ccc(OC)cc1.I. The van der Waals surface area contributed by atoms with E-state index < -0.39 is 0 Å². The van der Waals surface area contributed by atoms with E-state index in [1.807, 2.05) is 26.2 Å². The minimum atomic E-state index is 0. The number of halogens is 1. The van der Waals surface area contributed by atoms with Gasteiger partial charge in [0.05, 0.1) is 7.11 Å². The third kappa shape index (κ3) is 6.45. The van der Waals surface area contributed by atoms with E-state index in [1.54, 1.807) is 7.11 Å². The van der Waals surface area contributed by atoms with Crippen LogP contribution in [-0.4, -0.2) is 38.6 Å². The summed E-state index contributed by atoms with van der Waals surface area (Å²) in [5.41, 5.74) is 1.24. The number of nitrogens with zero attached hydrogens (tertiary/aromatic N) is 2. The summed E-state index contributed by atoms with van der Waals surface area (Å²) in [5.74, 6) is 1.82. The Kier molecular flexibility index (Phi) is 10.2. The molecule has 0 bridgehead atoms. The van der Waals surface area contributed by atoms with Crippen LogP contribution in [0.3, 0.4) is 0 Å². The molecular weight excluding hydrogens is 365 g/mol. The molecule has 0 aromatic heterocycles. The minimum Gasteiger partial charge on any atom is -0.497 e. The summed E-state index contributed by atoms with van der Waals surface area (Å²) in [5, 5.41) is 3.36. The number of hydrogen-bond donors (Lipinski definition) is 1. The van der Waals surface area contributed by atoms with Gasteiger partial charge in [0.15, 0.2) is 5.96 Å². The molecule has 1 rings (SSSR count). The molecule has 0 radical (unpaired) electrons. The fraction of sp³-hybridized carbons (Fsp3) is 0.533. The predicted molar refractivity (Wildman–Crippen MR) is 96.1 cm³/mol. The van der Waals surface area contributed by atoms with Crippen LogP contribution in [0.4, 0.5) is 0 Å². The van der Waals surface area contributed by atoms with Crippen LogP contribution in [0.15, 0.2) is 29.3 Å². The van der Waals surface area contributed by atoms with Gasteiger partial charge in [0.25, 0.3) is 0 Å². The highest BCUT2D eigenvalue weighted by atomic mass is 127. The first-order chi connectivity index (χ1) is 9.21. The number of ether oxygens (including phenoxy) is 1. The summed E-state index contributed by atoms with van der Waals surface area (Å²) in [6, 6.07) is 8.12. The Morgan fingerprint density at radius 3 is 2.45 bits per heavy atom. The second-order valence-corrected chi connectivity index (χ2v) is 4.53. The number of nitrogens with one attached hydrogen (secondary N) is 1. The standard InChI is InChI=1S/C15H25N3O.HI/c1-5-6-11-17-15(16-2)18(3)12-13-7-9-14(19-4)10-8-13;/h7-10H,5-6,11-12H2,1-4H3,(H,16,17);1H. The number of guanidine groups is 1. The summed E-state index contributed by atoms with van der Waals surface area (Å²) in [4.78, 5) is 6.42. The molecule has 114 valence electrons. The van der Waals surface area contributed by atoms with Gasteiger partial charge in [-0.3, -0.25) is 4.99 Å². The van der Waals surface area contributed by atoms with Crippen molar-refractivity contribution in [2.45, 2.75) is 26.3 Å². The Bertz CT molecular complexity index is 393. The normalized spacial score (nSPS) is 10.7. The number of methoxy groups -OCH3 is 1. The van der Waals surface area contributed by atoms with Gasteiger partial charge in [-0.15, -0.1) is 24.0 Å².